The van der Waals surface area contributed by atoms with Crippen LogP contribution in [0.2, 0.25) is 0 Å². The molecule has 0 aromatic carbocycles. The fourth-order valence-corrected chi connectivity index (χ4v) is 4.96. The zero-order chi connectivity index (χ0) is 34.5. The van der Waals surface area contributed by atoms with Gasteiger partial charge in [-0.25, -0.2) is 0 Å². The summed E-state index contributed by atoms with van der Waals surface area (Å²) in [6.45, 7) is 8.35. The van der Waals surface area contributed by atoms with Crippen LogP contribution in [-0.2, 0) is 52.4 Å². The highest BCUT2D eigenvalue weighted by molar-refractivity contribution is 6.12. The molecule has 5 amide bonds. The molecule has 15 heteroatoms. The Morgan fingerprint density at radius 2 is 1.17 bits per heavy atom. The first-order valence-corrected chi connectivity index (χ1v) is 16.4. The molecule has 0 unspecified atom stereocenters. The second kappa shape index (κ2) is 22.6. The Labute approximate surface area is 277 Å². The molecule has 1 saturated carbocycles. The molecule has 0 aromatic heterocycles. The van der Waals surface area contributed by atoms with Gasteiger partial charge in [0.2, 0.25) is 17.7 Å². The van der Waals surface area contributed by atoms with Crippen molar-refractivity contribution in [1.29, 1.82) is 0 Å². The van der Waals surface area contributed by atoms with E-state index < -0.39 is 11.6 Å². The Morgan fingerprint density at radius 3 is 1.60 bits per heavy atom. The maximum absolute atomic E-state index is 13.3. The summed E-state index contributed by atoms with van der Waals surface area (Å²) in [7, 11) is 3.31. The lowest BCUT2D eigenvalue weighted by molar-refractivity contribution is -0.139. The summed E-state index contributed by atoms with van der Waals surface area (Å²) in [5, 5.41) is 5.82. The summed E-state index contributed by atoms with van der Waals surface area (Å²) in [4.78, 5) is 63.9. The minimum absolute atomic E-state index is 0.0882. The molecular weight excluding hydrogens is 616 g/mol. The van der Waals surface area contributed by atoms with Crippen molar-refractivity contribution in [1.82, 2.24) is 20.4 Å². The Morgan fingerprint density at radius 1 is 0.745 bits per heavy atom. The zero-order valence-corrected chi connectivity index (χ0v) is 28.4. The number of rotatable bonds is 26. The number of carbonyl (C=O) groups is 5. The van der Waals surface area contributed by atoms with Gasteiger partial charge < -0.3 is 44.0 Å². The van der Waals surface area contributed by atoms with Crippen LogP contribution < -0.4 is 10.6 Å². The van der Waals surface area contributed by atoms with Crippen molar-refractivity contribution in [3.63, 3.8) is 0 Å². The number of nitrogens with zero attached hydrogens (tertiary/aromatic N) is 2. The maximum Gasteiger partial charge on any atom is 0.253 e. The number of hydrogen-bond acceptors (Lipinski definition) is 11. The minimum Gasteiger partial charge on any atom is -0.379 e. The van der Waals surface area contributed by atoms with Gasteiger partial charge in [-0.1, -0.05) is 26.7 Å². The summed E-state index contributed by atoms with van der Waals surface area (Å²) >= 11 is 0. The molecule has 0 aromatic rings. The van der Waals surface area contributed by atoms with E-state index in [-0.39, 0.29) is 61.6 Å². The maximum atomic E-state index is 13.3. The number of amides is 5. The second-order valence-corrected chi connectivity index (χ2v) is 11.9. The Kier molecular flexibility index (Phi) is 19.3. The van der Waals surface area contributed by atoms with E-state index in [9.17, 15) is 24.0 Å². The van der Waals surface area contributed by atoms with Crippen LogP contribution in [-0.4, -0.2) is 151 Å². The number of imide groups is 1. The predicted octanol–water partition coefficient (Wildman–Crippen LogP) is 0.0591. The third kappa shape index (κ3) is 15.2. The molecule has 1 heterocycles. The number of likely N-dealkylation sites (N-methyl/N-ethyl adjacent to an activating group) is 1. The lowest BCUT2D eigenvalue weighted by Crippen LogP contribution is -2.61. The largest absolute Gasteiger partial charge is 0.379 e. The molecule has 2 aliphatic rings. The zero-order valence-electron chi connectivity index (χ0n) is 28.4. The Balaban J connectivity index is 1.40. The highest BCUT2D eigenvalue weighted by Gasteiger charge is 2.44. The Bertz CT molecular complexity index is 997. The van der Waals surface area contributed by atoms with Crippen molar-refractivity contribution < 1.29 is 52.4 Å². The van der Waals surface area contributed by atoms with E-state index in [4.69, 9.17) is 28.4 Å². The van der Waals surface area contributed by atoms with Crippen molar-refractivity contribution >= 4 is 29.5 Å². The molecule has 15 nitrogen and oxygen atoms in total. The van der Waals surface area contributed by atoms with Gasteiger partial charge in [0.15, 0.2) is 0 Å². The quantitative estimate of drug-likeness (QED) is 0.0942. The van der Waals surface area contributed by atoms with E-state index in [1.165, 1.54) is 17.1 Å². The lowest BCUT2D eigenvalue weighted by atomic mass is 9.93. The third-order valence-corrected chi connectivity index (χ3v) is 7.62. The SMILES string of the molecule is CC(C)[C@H](NC(=O)C1(NC(=O)CCOCCOCCOCCOCCOCCOCCN2C(=O)C=CC2=O)CCCC1)C(=O)N(C)C. The first-order chi connectivity index (χ1) is 22.6. The lowest BCUT2D eigenvalue weighted by Gasteiger charge is -2.33. The molecule has 1 atom stereocenters. The molecule has 268 valence electrons. The molecule has 0 radical (unpaired) electrons. The van der Waals surface area contributed by atoms with Crippen LogP contribution in [0.1, 0.15) is 46.0 Å². The van der Waals surface area contributed by atoms with Gasteiger partial charge in [-0.15, -0.1) is 0 Å². The highest BCUT2D eigenvalue weighted by Crippen LogP contribution is 2.30. The standard InChI is InChI=1S/C32H54N4O11/c1-25(2)29(30(40)35(3)4)33-31(41)32(10-5-6-11-32)34-26(37)9-13-42-15-17-44-19-21-46-23-24-47-22-20-45-18-16-43-14-12-36-27(38)7-8-28(36)39/h7-8,25,29H,5-6,9-24H2,1-4H3,(H,33,41)(H,34,37)/t29-/m0/s1. The molecule has 0 bridgehead atoms. The summed E-state index contributed by atoms with van der Waals surface area (Å²) < 4.78 is 32.7. The van der Waals surface area contributed by atoms with Gasteiger partial charge in [0.05, 0.1) is 85.8 Å². The summed E-state index contributed by atoms with van der Waals surface area (Å²) in [5.41, 5.74) is -1.00. The van der Waals surface area contributed by atoms with E-state index in [2.05, 4.69) is 10.6 Å². The number of nitrogens with one attached hydrogen (secondary N) is 2. The van der Waals surface area contributed by atoms with Crippen LogP contribution in [0.4, 0.5) is 0 Å². The molecule has 1 aliphatic heterocycles. The van der Waals surface area contributed by atoms with Crippen molar-refractivity contribution in [2.45, 2.75) is 57.5 Å². The predicted molar refractivity (Wildman–Crippen MR) is 170 cm³/mol. The van der Waals surface area contributed by atoms with Gasteiger partial charge in [-0.2, -0.15) is 0 Å². The van der Waals surface area contributed by atoms with Gasteiger partial charge in [-0.3, -0.25) is 28.9 Å². The van der Waals surface area contributed by atoms with Crippen molar-refractivity contribution in [3.05, 3.63) is 12.2 Å². The number of hydrogen-bond donors (Lipinski definition) is 2. The number of ether oxygens (including phenoxy) is 6. The molecule has 0 spiro atoms. The fraction of sp³-hybridized carbons (Fsp3) is 0.781. The first kappa shape index (κ1) is 40.2. The average Bonchev–Trinajstić information content (AvgIpc) is 3.64. The van der Waals surface area contributed by atoms with Gasteiger partial charge in [-0.05, 0) is 18.8 Å². The van der Waals surface area contributed by atoms with Gasteiger partial charge in [0.1, 0.15) is 11.6 Å². The summed E-state index contributed by atoms with van der Waals surface area (Å²) in [6, 6.07) is -0.655. The third-order valence-electron chi connectivity index (χ3n) is 7.62. The fourth-order valence-electron chi connectivity index (χ4n) is 4.96. The van der Waals surface area contributed by atoms with Crippen molar-refractivity contribution in [2.24, 2.45) is 5.92 Å². The molecule has 0 saturated heterocycles. The molecular formula is C32H54N4O11. The molecule has 1 aliphatic carbocycles. The van der Waals surface area contributed by atoms with Crippen LogP contribution >= 0.6 is 0 Å². The van der Waals surface area contributed by atoms with Gasteiger partial charge in [0.25, 0.3) is 11.8 Å². The molecule has 1 fully saturated rings. The van der Waals surface area contributed by atoms with E-state index >= 15 is 0 Å². The summed E-state index contributed by atoms with van der Waals surface area (Å²) in [5.74, 6) is -1.47. The smallest absolute Gasteiger partial charge is 0.253 e. The van der Waals surface area contributed by atoms with Crippen molar-refractivity contribution in [2.75, 3.05) is 99.9 Å². The monoisotopic (exact) mass is 670 g/mol. The van der Waals surface area contributed by atoms with Crippen LogP contribution in [0.25, 0.3) is 0 Å². The molecule has 2 rings (SSSR count). The second-order valence-electron chi connectivity index (χ2n) is 11.9. The van der Waals surface area contributed by atoms with Crippen molar-refractivity contribution in [3.8, 4) is 0 Å². The van der Waals surface area contributed by atoms with Crippen LogP contribution in [0, 0.1) is 5.92 Å². The van der Waals surface area contributed by atoms with Gasteiger partial charge in [0, 0.05) is 32.7 Å². The first-order valence-electron chi connectivity index (χ1n) is 16.4. The van der Waals surface area contributed by atoms with E-state index in [1.54, 1.807) is 14.1 Å². The average molecular weight is 671 g/mol. The van der Waals surface area contributed by atoms with Crippen LogP contribution in [0.15, 0.2) is 12.2 Å². The van der Waals surface area contributed by atoms with Crippen LogP contribution in [0.3, 0.4) is 0 Å². The summed E-state index contributed by atoms with van der Waals surface area (Å²) in [6.07, 6.45) is 5.33. The van der Waals surface area contributed by atoms with E-state index in [0.717, 1.165) is 17.7 Å². The topological polar surface area (TPSA) is 171 Å². The van der Waals surface area contributed by atoms with E-state index in [1.807, 2.05) is 13.8 Å². The molecule has 47 heavy (non-hydrogen) atoms. The van der Waals surface area contributed by atoms with E-state index in [0.29, 0.717) is 78.9 Å². The van der Waals surface area contributed by atoms with Gasteiger partial charge >= 0.3 is 0 Å². The molecule has 2 N–H and O–H groups in total. The highest BCUT2D eigenvalue weighted by atomic mass is 16.6. The number of carbonyl (C=O) groups excluding carboxylic acids is 5. The van der Waals surface area contributed by atoms with Crippen LogP contribution in [0.5, 0.6) is 0 Å². The Hall–Kier alpha value is -2.95. The minimum atomic E-state index is -1.00. The normalized spacial score (nSPS) is 16.2.